The Kier molecular flexibility index (Phi) is 5.39. The maximum absolute atomic E-state index is 15.1. The van der Waals surface area contributed by atoms with Crippen molar-refractivity contribution in [3.05, 3.63) is 121 Å². The fourth-order valence-electron chi connectivity index (χ4n) is 4.38. The van der Waals surface area contributed by atoms with Gasteiger partial charge in [0, 0.05) is 26.9 Å². The molecule has 0 aromatic heterocycles. The zero-order chi connectivity index (χ0) is 22.0. The summed E-state index contributed by atoms with van der Waals surface area (Å²) in [5.41, 5.74) is 2.00. The highest BCUT2D eigenvalue weighted by atomic mass is 31.2. The molecular weight excluding hydrogens is 411 g/mol. The Morgan fingerprint density at radius 3 is 1.72 bits per heavy atom. The van der Waals surface area contributed by atoms with E-state index in [2.05, 4.69) is 24.3 Å². The predicted octanol–water partition coefficient (Wildman–Crippen LogP) is 6.15. The van der Waals surface area contributed by atoms with Crippen molar-refractivity contribution in [3.8, 4) is 16.9 Å². The molecule has 156 valence electrons. The van der Waals surface area contributed by atoms with Crippen LogP contribution in [-0.4, -0.2) is 7.11 Å². The Morgan fingerprint density at radius 2 is 1.09 bits per heavy atom. The zero-order valence-electron chi connectivity index (χ0n) is 17.8. The van der Waals surface area contributed by atoms with Crippen molar-refractivity contribution in [1.29, 1.82) is 0 Å². The molecular formula is C29H23O2P. The van der Waals surface area contributed by atoms with Crippen molar-refractivity contribution < 1.29 is 9.30 Å². The van der Waals surface area contributed by atoms with Gasteiger partial charge in [-0.1, -0.05) is 115 Å². The molecule has 0 bridgehead atoms. The lowest BCUT2D eigenvalue weighted by Gasteiger charge is -2.23. The molecule has 0 atom stereocenters. The molecule has 0 N–H and O–H groups in total. The summed E-state index contributed by atoms with van der Waals surface area (Å²) < 4.78 is 20.8. The van der Waals surface area contributed by atoms with E-state index in [9.17, 15) is 0 Å². The van der Waals surface area contributed by atoms with Gasteiger partial charge in [-0.05, 0) is 17.0 Å². The van der Waals surface area contributed by atoms with Gasteiger partial charge < -0.3 is 9.30 Å². The lowest BCUT2D eigenvalue weighted by atomic mass is 9.97. The number of ether oxygens (including phenoxy) is 1. The minimum atomic E-state index is -3.13. The number of hydrogen-bond donors (Lipinski definition) is 0. The first-order chi connectivity index (χ1) is 15.7. The Morgan fingerprint density at radius 1 is 0.562 bits per heavy atom. The van der Waals surface area contributed by atoms with E-state index in [0.29, 0.717) is 0 Å². The molecule has 0 amide bonds. The second kappa shape index (κ2) is 8.49. The minimum absolute atomic E-state index is 0.795. The fourth-order valence-corrected chi connectivity index (χ4v) is 7.28. The van der Waals surface area contributed by atoms with Gasteiger partial charge in [-0.2, -0.15) is 0 Å². The van der Waals surface area contributed by atoms with Gasteiger partial charge in [-0.15, -0.1) is 0 Å². The molecule has 0 fully saturated rings. The maximum atomic E-state index is 15.1. The third-order valence-corrected chi connectivity index (χ3v) is 8.96. The van der Waals surface area contributed by atoms with Gasteiger partial charge in [0.05, 0.1) is 7.11 Å². The Hall–Kier alpha value is -3.61. The zero-order valence-corrected chi connectivity index (χ0v) is 18.7. The average Bonchev–Trinajstić information content (AvgIpc) is 2.88. The molecule has 0 saturated heterocycles. The van der Waals surface area contributed by atoms with E-state index in [1.54, 1.807) is 7.11 Å². The van der Waals surface area contributed by atoms with Crippen LogP contribution in [0.2, 0.25) is 0 Å². The van der Waals surface area contributed by atoms with E-state index >= 15 is 4.57 Å². The largest absolute Gasteiger partial charge is 0.496 e. The number of para-hydroxylation sites is 1. The van der Waals surface area contributed by atoms with Crippen LogP contribution in [0.3, 0.4) is 0 Å². The molecule has 0 saturated carbocycles. The van der Waals surface area contributed by atoms with Gasteiger partial charge in [0.1, 0.15) is 5.75 Å². The first kappa shape index (κ1) is 20.3. The topological polar surface area (TPSA) is 26.3 Å². The van der Waals surface area contributed by atoms with Crippen molar-refractivity contribution in [3.63, 3.8) is 0 Å². The van der Waals surface area contributed by atoms with E-state index < -0.39 is 7.14 Å². The Bertz CT molecular complexity index is 1380. The minimum Gasteiger partial charge on any atom is -0.496 e. The fraction of sp³-hybridized carbons (Fsp3) is 0.0345. The van der Waals surface area contributed by atoms with Crippen LogP contribution in [0.5, 0.6) is 5.75 Å². The monoisotopic (exact) mass is 434 g/mol. The predicted molar refractivity (Wildman–Crippen MR) is 135 cm³/mol. The molecule has 0 aliphatic carbocycles. The lowest BCUT2D eigenvalue weighted by Crippen LogP contribution is -2.25. The van der Waals surface area contributed by atoms with Crippen molar-refractivity contribution in [2.24, 2.45) is 0 Å². The SMILES string of the molecule is COc1ccccc1-c1cccc2cccc(P(=O)(c3ccccc3)c3ccccc3)c12. The van der Waals surface area contributed by atoms with E-state index in [4.69, 9.17) is 4.74 Å². The number of methoxy groups -OCH3 is 1. The summed E-state index contributed by atoms with van der Waals surface area (Å²) in [5, 5.41) is 4.55. The highest BCUT2D eigenvalue weighted by Crippen LogP contribution is 2.46. The normalized spacial score (nSPS) is 11.4. The van der Waals surface area contributed by atoms with Crippen molar-refractivity contribution in [2.75, 3.05) is 7.11 Å². The number of hydrogen-bond acceptors (Lipinski definition) is 2. The van der Waals surface area contributed by atoms with Crippen LogP contribution in [-0.2, 0) is 4.57 Å². The van der Waals surface area contributed by atoms with Crippen LogP contribution >= 0.6 is 7.14 Å². The summed E-state index contributed by atoms with van der Waals surface area (Å²) in [6.45, 7) is 0. The molecule has 32 heavy (non-hydrogen) atoms. The molecule has 0 aliphatic heterocycles. The standard InChI is InChI=1S/C29H23O2P/c1-31-27-20-9-8-18-25(27)26-19-10-12-22-13-11-21-28(29(22)26)32(30,23-14-4-2-5-15-23)24-16-6-3-7-17-24/h2-21H,1H3. The summed E-state index contributed by atoms with van der Waals surface area (Å²) in [6.07, 6.45) is 0. The molecule has 3 heteroatoms. The van der Waals surface area contributed by atoms with Crippen LogP contribution in [0, 0.1) is 0 Å². The number of rotatable bonds is 5. The van der Waals surface area contributed by atoms with Crippen LogP contribution in [0.4, 0.5) is 0 Å². The first-order valence-electron chi connectivity index (χ1n) is 10.6. The molecule has 5 aromatic carbocycles. The van der Waals surface area contributed by atoms with Gasteiger partial charge in [0.25, 0.3) is 0 Å². The molecule has 5 aromatic rings. The average molecular weight is 434 g/mol. The van der Waals surface area contributed by atoms with Crippen molar-refractivity contribution in [1.82, 2.24) is 0 Å². The third kappa shape index (κ3) is 3.34. The lowest BCUT2D eigenvalue weighted by molar-refractivity contribution is 0.416. The number of benzene rings is 5. The van der Waals surface area contributed by atoms with Crippen LogP contribution in [0.25, 0.3) is 21.9 Å². The van der Waals surface area contributed by atoms with Crippen LogP contribution < -0.4 is 20.7 Å². The highest BCUT2D eigenvalue weighted by Gasteiger charge is 2.32. The molecule has 0 heterocycles. The maximum Gasteiger partial charge on any atom is 0.171 e. The molecule has 0 unspecified atom stereocenters. The van der Waals surface area contributed by atoms with Gasteiger partial charge in [-0.25, -0.2) is 0 Å². The highest BCUT2D eigenvalue weighted by molar-refractivity contribution is 7.85. The van der Waals surface area contributed by atoms with E-state index in [1.165, 1.54) is 0 Å². The van der Waals surface area contributed by atoms with Gasteiger partial charge >= 0.3 is 0 Å². The van der Waals surface area contributed by atoms with E-state index in [-0.39, 0.29) is 0 Å². The summed E-state index contributed by atoms with van der Waals surface area (Å²) in [7, 11) is -1.45. The second-order valence-corrected chi connectivity index (χ2v) is 10.4. The van der Waals surface area contributed by atoms with Crippen LogP contribution in [0.1, 0.15) is 0 Å². The van der Waals surface area contributed by atoms with Crippen molar-refractivity contribution in [2.45, 2.75) is 0 Å². The van der Waals surface area contributed by atoms with E-state index in [1.807, 2.05) is 97.1 Å². The van der Waals surface area contributed by atoms with E-state index in [0.717, 1.165) is 43.6 Å². The second-order valence-electron chi connectivity index (χ2n) is 7.66. The molecule has 0 radical (unpaired) electrons. The smallest absolute Gasteiger partial charge is 0.171 e. The Labute approximate surface area is 188 Å². The number of fused-ring (bicyclic) bond motifs is 1. The van der Waals surface area contributed by atoms with Gasteiger partial charge in [-0.3, -0.25) is 0 Å². The Balaban J connectivity index is 1.91. The molecule has 2 nitrogen and oxygen atoms in total. The van der Waals surface area contributed by atoms with Crippen molar-refractivity contribution >= 4 is 33.8 Å². The van der Waals surface area contributed by atoms with Gasteiger partial charge in [0.2, 0.25) is 0 Å². The van der Waals surface area contributed by atoms with Crippen LogP contribution in [0.15, 0.2) is 121 Å². The summed E-state index contributed by atoms with van der Waals surface area (Å²) in [5.74, 6) is 0.795. The molecule has 0 spiro atoms. The summed E-state index contributed by atoms with van der Waals surface area (Å²) in [4.78, 5) is 0. The van der Waals surface area contributed by atoms with Gasteiger partial charge in [0.15, 0.2) is 7.14 Å². The quantitative estimate of drug-likeness (QED) is 0.310. The molecule has 5 rings (SSSR count). The third-order valence-electron chi connectivity index (χ3n) is 5.86. The molecule has 0 aliphatic rings. The first-order valence-corrected chi connectivity index (χ1v) is 12.3. The summed E-state index contributed by atoms with van der Waals surface area (Å²) >= 11 is 0. The summed E-state index contributed by atoms with van der Waals surface area (Å²) in [6, 6.07) is 39.9.